The molecule has 2 aromatic carbocycles. The second-order valence-corrected chi connectivity index (χ2v) is 7.39. The molecule has 1 heterocycles. The number of ketones is 1. The largest absolute Gasteiger partial charge is 0.507 e. The first-order valence-electron chi connectivity index (χ1n) is 9.66. The maximum absolute atomic E-state index is 12.9. The Kier molecular flexibility index (Phi) is 6.60. The third kappa shape index (κ3) is 4.15. The molecule has 3 rings (SSSR count). The summed E-state index contributed by atoms with van der Waals surface area (Å²) in [6.07, 6.45) is 2.74. The van der Waals surface area contributed by atoms with Gasteiger partial charge in [0.15, 0.2) is 0 Å². The Morgan fingerprint density at radius 2 is 1.86 bits per heavy atom. The van der Waals surface area contributed by atoms with Crippen molar-refractivity contribution in [2.24, 2.45) is 0 Å². The summed E-state index contributed by atoms with van der Waals surface area (Å²) >= 11 is 6.10. The topological polar surface area (TPSA) is 66.8 Å². The van der Waals surface area contributed by atoms with Crippen LogP contribution < -0.4 is 4.74 Å². The fraction of sp³-hybridized carbons (Fsp3) is 0.304. The van der Waals surface area contributed by atoms with E-state index in [0.717, 1.165) is 24.8 Å². The molecule has 0 spiro atoms. The summed E-state index contributed by atoms with van der Waals surface area (Å²) in [5.41, 5.74) is 1.11. The van der Waals surface area contributed by atoms with E-state index < -0.39 is 17.7 Å². The number of hydrogen-bond donors (Lipinski definition) is 1. The average Bonchev–Trinajstić information content (AvgIpc) is 2.99. The maximum Gasteiger partial charge on any atom is 0.295 e. The molecule has 1 N–H and O–H groups in total. The highest BCUT2D eigenvalue weighted by molar-refractivity contribution is 6.46. The third-order valence-electron chi connectivity index (χ3n) is 5.07. The van der Waals surface area contributed by atoms with Crippen LogP contribution in [0.4, 0.5) is 0 Å². The summed E-state index contributed by atoms with van der Waals surface area (Å²) in [5, 5.41) is 11.5. The van der Waals surface area contributed by atoms with Crippen molar-refractivity contribution in [3.63, 3.8) is 0 Å². The van der Waals surface area contributed by atoms with E-state index in [1.165, 1.54) is 13.2 Å². The molecule has 29 heavy (non-hydrogen) atoms. The molecule has 1 atom stereocenters. The number of halogens is 1. The molecule has 2 aromatic rings. The lowest BCUT2D eigenvalue weighted by Gasteiger charge is -2.25. The minimum atomic E-state index is -0.699. The highest BCUT2D eigenvalue weighted by Gasteiger charge is 2.45. The zero-order chi connectivity index (χ0) is 21.0. The molecule has 0 bridgehead atoms. The number of benzene rings is 2. The number of amides is 1. The van der Waals surface area contributed by atoms with Crippen LogP contribution in [0, 0.1) is 0 Å². The number of hydrogen-bond acceptors (Lipinski definition) is 4. The molecule has 0 aliphatic carbocycles. The van der Waals surface area contributed by atoms with Gasteiger partial charge in [-0.2, -0.15) is 0 Å². The molecule has 6 heteroatoms. The van der Waals surface area contributed by atoms with Crippen LogP contribution in [-0.2, 0) is 9.59 Å². The number of rotatable bonds is 7. The van der Waals surface area contributed by atoms with Crippen molar-refractivity contribution in [2.75, 3.05) is 13.7 Å². The molecule has 0 aromatic heterocycles. The molecule has 5 nitrogen and oxygen atoms in total. The molecule has 1 aliphatic heterocycles. The highest BCUT2D eigenvalue weighted by Crippen LogP contribution is 2.41. The van der Waals surface area contributed by atoms with Crippen LogP contribution in [0.5, 0.6) is 5.75 Å². The molecule has 1 saturated heterocycles. The number of carbonyl (C=O) groups is 2. The van der Waals surface area contributed by atoms with Crippen molar-refractivity contribution < 1.29 is 19.4 Å². The summed E-state index contributed by atoms with van der Waals surface area (Å²) in [4.78, 5) is 27.3. The fourth-order valence-corrected chi connectivity index (χ4v) is 3.81. The van der Waals surface area contributed by atoms with E-state index in [-0.39, 0.29) is 16.9 Å². The summed E-state index contributed by atoms with van der Waals surface area (Å²) in [6.45, 7) is 2.52. The molecule has 0 saturated carbocycles. The van der Waals surface area contributed by atoms with Crippen molar-refractivity contribution in [2.45, 2.75) is 32.2 Å². The van der Waals surface area contributed by atoms with E-state index in [4.69, 9.17) is 16.3 Å². The van der Waals surface area contributed by atoms with Crippen LogP contribution in [0.2, 0.25) is 5.02 Å². The van der Waals surface area contributed by atoms with E-state index in [9.17, 15) is 14.7 Å². The van der Waals surface area contributed by atoms with Crippen LogP contribution in [0.15, 0.2) is 54.1 Å². The lowest BCUT2D eigenvalue weighted by atomic mass is 9.95. The SMILES string of the molecule is CCCCCN1C(=O)C(=O)/C(=C(/O)c2cc(Cl)ccc2OC)C1c1ccccc1. The van der Waals surface area contributed by atoms with Gasteiger partial charge in [0.2, 0.25) is 0 Å². The van der Waals surface area contributed by atoms with Crippen molar-refractivity contribution in [1.29, 1.82) is 0 Å². The predicted molar refractivity (Wildman–Crippen MR) is 113 cm³/mol. The molecular formula is C23H24ClNO4. The van der Waals surface area contributed by atoms with Gasteiger partial charge in [-0.3, -0.25) is 9.59 Å². The third-order valence-corrected chi connectivity index (χ3v) is 5.31. The zero-order valence-corrected chi connectivity index (χ0v) is 17.3. The van der Waals surface area contributed by atoms with E-state index in [0.29, 0.717) is 17.3 Å². The van der Waals surface area contributed by atoms with E-state index in [2.05, 4.69) is 6.92 Å². The van der Waals surface area contributed by atoms with E-state index >= 15 is 0 Å². The number of unbranched alkanes of at least 4 members (excludes halogenated alkanes) is 2. The van der Waals surface area contributed by atoms with Gasteiger partial charge in [-0.25, -0.2) is 0 Å². The number of ether oxygens (including phenoxy) is 1. The van der Waals surface area contributed by atoms with Crippen LogP contribution in [0.25, 0.3) is 5.76 Å². The standard InChI is InChI=1S/C23H24ClNO4/c1-3-4-8-13-25-20(15-9-6-5-7-10-15)19(22(27)23(25)28)21(26)17-14-16(24)11-12-18(17)29-2/h5-7,9-12,14,20,26H,3-4,8,13H2,1-2H3/b21-19+. The van der Waals surface area contributed by atoms with Gasteiger partial charge in [0, 0.05) is 11.6 Å². The Hall–Kier alpha value is -2.79. The maximum atomic E-state index is 12.9. The van der Waals surface area contributed by atoms with Crippen LogP contribution >= 0.6 is 11.6 Å². The van der Waals surface area contributed by atoms with Crippen molar-refractivity contribution in [3.8, 4) is 5.75 Å². The number of aliphatic hydroxyl groups excluding tert-OH is 1. The zero-order valence-electron chi connectivity index (χ0n) is 16.5. The van der Waals surface area contributed by atoms with Gasteiger partial charge in [-0.15, -0.1) is 0 Å². The Morgan fingerprint density at radius 3 is 2.52 bits per heavy atom. The Morgan fingerprint density at radius 1 is 1.14 bits per heavy atom. The first-order valence-corrected chi connectivity index (χ1v) is 10.0. The van der Waals surface area contributed by atoms with E-state index in [1.807, 2.05) is 30.3 Å². The summed E-state index contributed by atoms with van der Waals surface area (Å²) in [7, 11) is 1.47. The number of likely N-dealkylation sites (tertiary alicyclic amines) is 1. The Labute approximate surface area is 175 Å². The van der Waals surface area contributed by atoms with Crippen LogP contribution in [0.3, 0.4) is 0 Å². The number of carbonyl (C=O) groups excluding carboxylic acids is 2. The Bertz CT molecular complexity index is 939. The van der Waals surface area contributed by atoms with Gasteiger partial charge in [-0.05, 0) is 30.2 Å². The summed E-state index contributed by atoms with van der Waals surface area (Å²) in [6, 6.07) is 13.4. The molecule has 1 unspecified atom stereocenters. The van der Waals surface area contributed by atoms with Gasteiger partial charge in [-0.1, -0.05) is 61.7 Å². The average molecular weight is 414 g/mol. The van der Waals surface area contributed by atoms with Gasteiger partial charge >= 0.3 is 0 Å². The molecule has 1 aliphatic rings. The first-order chi connectivity index (χ1) is 14.0. The van der Waals surface area contributed by atoms with Crippen LogP contribution in [-0.4, -0.2) is 35.4 Å². The Balaban J connectivity index is 2.16. The molecule has 1 fully saturated rings. The highest BCUT2D eigenvalue weighted by atomic mass is 35.5. The fourth-order valence-electron chi connectivity index (χ4n) is 3.64. The predicted octanol–water partition coefficient (Wildman–Crippen LogP) is 4.96. The number of aliphatic hydroxyl groups is 1. The molecular weight excluding hydrogens is 390 g/mol. The van der Waals surface area contributed by atoms with Gasteiger partial charge in [0.05, 0.1) is 24.3 Å². The minimum absolute atomic E-state index is 0.0539. The van der Waals surface area contributed by atoms with Crippen molar-refractivity contribution in [3.05, 3.63) is 70.3 Å². The summed E-state index contributed by atoms with van der Waals surface area (Å²) in [5.74, 6) is -1.21. The second-order valence-electron chi connectivity index (χ2n) is 6.95. The van der Waals surface area contributed by atoms with Gasteiger partial charge in [0.1, 0.15) is 11.5 Å². The molecule has 0 radical (unpaired) electrons. The molecule has 152 valence electrons. The smallest absolute Gasteiger partial charge is 0.295 e. The molecule has 1 amide bonds. The normalized spacial score (nSPS) is 18.3. The lowest BCUT2D eigenvalue weighted by Crippen LogP contribution is -2.30. The van der Waals surface area contributed by atoms with Gasteiger partial charge in [0.25, 0.3) is 11.7 Å². The van der Waals surface area contributed by atoms with Crippen molar-refractivity contribution >= 4 is 29.1 Å². The van der Waals surface area contributed by atoms with Crippen LogP contribution in [0.1, 0.15) is 43.4 Å². The van der Waals surface area contributed by atoms with E-state index in [1.54, 1.807) is 17.0 Å². The van der Waals surface area contributed by atoms with Gasteiger partial charge < -0.3 is 14.7 Å². The second kappa shape index (κ2) is 9.14. The monoisotopic (exact) mass is 413 g/mol. The number of methoxy groups -OCH3 is 1. The first kappa shape index (κ1) is 20.9. The van der Waals surface area contributed by atoms with Crippen molar-refractivity contribution in [1.82, 2.24) is 4.90 Å². The lowest BCUT2D eigenvalue weighted by molar-refractivity contribution is -0.139. The quantitative estimate of drug-likeness (QED) is 0.301. The number of nitrogens with zero attached hydrogens (tertiary/aromatic N) is 1. The minimum Gasteiger partial charge on any atom is -0.507 e. The summed E-state index contributed by atoms with van der Waals surface area (Å²) < 4.78 is 5.33. The number of Topliss-reactive ketones (excluding diaryl/α,β-unsaturated/α-hetero) is 1.